The van der Waals surface area contributed by atoms with E-state index < -0.39 is 0 Å². The van der Waals surface area contributed by atoms with Crippen LogP contribution in [0.2, 0.25) is 0 Å². The van der Waals surface area contributed by atoms with E-state index in [1.54, 1.807) is 6.07 Å². The van der Waals surface area contributed by atoms with Crippen molar-refractivity contribution in [3.05, 3.63) is 28.8 Å². The first kappa shape index (κ1) is 9.04. The van der Waals surface area contributed by atoms with Crippen molar-refractivity contribution in [3.8, 4) is 11.8 Å². The van der Waals surface area contributed by atoms with Crippen LogP contribution in [0.4, 0.5) is 0 Å². The summed E-state index contributed by atoms with van der Waals surface area (Å²) in [6.45, 7) is 2.56. The highest BCUT2D eigenvalue weighted by molar-refractivity contribution is 5.55. The zero-order chi connectivity index (χ0) is 10.1. The first-order valence-corrected chi connectivity index (χ1v) is 4.72. The topological polar surface area (TPSA) is 59.0 Å². The van der Waals surface area contributed by atoms with Gasteiger partial charge in [0.25, 0.3) is 0 Å². The second-order valence-electron chi connectivity index (χ2n) is 3.40. The number of aryl methyl sites for hydroxylation is 1. The Morgan fingerprint density at radius 3 is 3.07 bits per heavy atom. The Labute approximate surface area is 83.1 Å². The number of hydrogen-bond donors (Lipinski definition) is 1. The number of nitrogens with two attached hydrogens (primary N) is 1. The van der Waals surface area contributed by atoms with Crippen LogP contribution in [0, 0.1) is 11.3 Å². The number of fused-ring (bicyclic) bond motifs is 1. The molecule has 1 atom stereocenters. The number of benzene rings is 1. The molecule has 0 radical (unpaired) electrons. The molecule has 3 nitrogen and oxygen atoms in total. The van der Waals surface area contributed by atoms with E-state index in [0.29, 0.717) is 17.9 Å². The summed E-state index contributed by atoms with van der Waals surface area (Å²) in [6.07, 6.45) is 0.922. The molecule has 0 bridgehead atoms. The molecule has 0 spiro atoms. The molecule has 1 aliphatic heterocycles. The van der Waals surface area contributed by atoms with E-state index in [9.17, 15) is 0 Å². The molecule has 0 amide bonds. The summed E-state index contributed by atoms with van der Waals surface area (Å²) in [6, 6.07) is 5.81. The van der Waals surface area contributed by atoms with Gasteiger partial charge in [-0.1, -0.05) is 13.0 Å². The highest BCUT2D eigenvalue weighted by Crippen LogP contribution is 2.36. The molecule has 0 saturated heterocycles. The van der Waals surface area contributed by atoms with Gasteiger partial charge < -0.3 is 10.5 Å². The van der Waals surface area contributed by atoms with Gasteiger partial charge >= 0.3 is 0 Å². The molecular weight excluding hydrogens is 176 g/mol. The van der Waals surface area contributed by atoms with Gasteiger partial charge in [0.1, 0.15) is 18.4 Å². The van der Waals surface area contributed by atoms with E-state index in [1.165, 1.54) is 5.56 Å². The zero-order valence-corrected chi connectivity index (χ0v) is 8.08. The van der Waals surface area contributed by atoms with Gasteiger partial charge in [0.05, 0.1) is 11.6 Å². The second-order valence-corrected chi connectivity index (χ2v) is 3.40. The summed E-state index contributed by atoms with van der Waals surface area (Å²) in [5, 5.41) is 8.88. The van der Waals surface area contributed by atoms with Crippen LogP contribution in [0.3, 0.4) is 0 Å². The summed E-state index contributed by atoms with van der Waals surface area (Å²) in [4.78, 5) is 0. The fraction of sp³-hybridized carbons (Fsp3) is 0.364. The van der Waals surface area contributed by atoms with Crippen LogP contribution < -0.4 is 10.5 Å². The van der Waals surface area contributed by atoms with E-state index in [4.69, 9.17) is 15.7 Å². The summed E-state index contributed by atoms with van der Waals surface area (Å²) in [5.74, 6) is 0.694. The lowest BCUT2D eigenvalue weighted by Crippen LogP contribution is -2.12. The largest absolute Gasteiger partial charge is 0.490 e. The van der Waals surface area contributed by atoms with Gasteiger partial charge in [0.15, 0.2) is 0 Å². The van der Waals surface area contributed by atoms with E-state index in [2.05, 4.69) is 13.0 Å². The van der Waals surface area contributed by atoms with Crippen molar-refractivity contribution in [2.24, 2.45) is 5.73 Å². The standard InChI is InChI=1S/C11H12N2O/c1-2-7-3-4-8(5-12)11-10(7)9(13)6-14-11/h3-4,9H,2,6,13H2,1H3. The predicted molar refractivity (Wildman–Crippen MR) is 53.0 cm³/mol. The Balaban J connectivity index is 2.64. The lowest BCUT2D eigenvalue weighted by atomic mass is 9.97. The minimum Gasteiger partial charge on any atom is -0.490 e. The molecule has 0 fully saturated rings. The molecular formula is C11H12N2O. The molecule has 1 aromatic carbocycles. The maximum Gasteiger partial charge on any atom is 0.142 e. The Morgan fingerprint density at radius 2 is 2.43 bits per heavy atom. The van der Waals surface area contributed by atoms with Crippen LogP contribution >= 0.6 is 0 Å². The van der Waals surface area contributed by atoms with Crippen molar-refractivity contribution in [2.45, 2.75) is 19.4 Å². The summed E-state index contributed by atoms with van der Waals surface area (Å²) >= 11 is 0. The minimum absolute atomic E-state index is 0.0757. The van der Waals surface area contributed by atoms with Crippen molar-refractivity contribution in [2.75, 3.05) is 6.61 Å². The highest BCUT2D eigenvalue weighted by Gasteiger charge is 2.26. The van der Waals surface area contributed by atoms with Crippen molar-refractivity contribution < 1.29 is 4.74 Å². The Kier molecular flexibility index (Phi) is 2.14. The molecule has 1 unspecified atom stereocenters. The molecule has 1 aromatic rings. The van der Waals surface area contributed by atoms with E-state index >= 15 is 0 Å². The van der Waals surface area contributed by atoms with Crippen molar-refractivity contribution in [3.63, 3.8) is 0 Å². The number of ether oxygens (including phenoxy) is 1. The molecule has 2 N–H and O–H groups in total. The molecule has 0 aliphatic carbocycles. The van der Waals surface area contributed by atoms with E-state index in [0.717, 1.165) is 12.0 Å². The third kappa shape index (κ3) is 1.16. The molecule has 1 heterocycles. The maximum absolute atomic E-state index is 8.88. The third-order valence-electron chi connectivity index (χ3n) is 2.57. The average Bonchev–Trinajstić information content (AvgIpc) is 2.60. The van der Waals surface area contributed by atoms with Gasteiger partial charge in [-0.05, 0) is 18.1 Å². The Morgan fingerprint density at radius 1 is 1.64 bits per heavy atom. The van der Waals surface area contributed by atoms with Crippen LogP contribution in [0.15, 0.2) is 12.1 Å². The molecule has 2 rings (SSSR count). The Hall–Kier alpha value is -1.53. The van der Waals surface area contributed by atoms with Gasteiger partial charge in [-0.15, -0.1) is 0 Å². The van der Waals surface area contributed by atoms with Crippen LogP contribution in [-0.4, -0.2) is 6.61 Å². The molecule has 0 saturated carbocycles. The number of rotatable bonds is 1. The number of hydrogen-bond acceptors (Lipinski definition) is 3. The van der Waals surface area contributed by atoms with E-state index in [1.807, 2.05) is 6.07 Å². The van der Waals surface area contributed by atoms with Crippen molar-refractivity contribution in [1.29, 1.82) is 5.26 Å². The van der Waals surface area contributed by atoms with Crippen LogP contribution in [-0.2, 0) is 6.42 Å². The average molecular weight is 188 g/mol. The fourth-order valence-electron chi connectivity index (χ4n) is 1.86. The fourth-order valence-corrected chi connectivity index (χ4v) is 1.86. The number of nitriles is 1. The van der Waals surface area contributed by atoms with Crippen LogP contribution in [0.25, 0.3) is 0 Å². The first-order chi connectivity index (χ1) is 6.77. The van der Waals surface area contributed by atoms with Gasteiger partial charge in [-0.2, -0.15) is 5.26 Å². The normalized spacial score (nSPS) is 18.5. The molecule has 3 heteroatoms. The van der Waals surface area contributed by atoms with Gasteiger partial charge in [-0.25, -0.2) is 0 Å². The lowest BCUT2D eigenvalue weighted by molar-refractivity contribution is 0.332. The molecule has 72 valence electrons. The molecule has 0 aromatic heterocycles. The predicted octanol–water partition coefficient (Wildman–Crippen LogP) is 1.51. The minimum atomic E-state index is -0.0757. The molecule has 14 heavy (non-hydrogen) atoms. The quantitative estimate of drug-likeness (QED) is 0.726. The first-order valence-electron chi connectivity index (χ1n) is 4.72. The summed E-state index contributed by atoms with van der Waals surface area (Å²) < 4.78 is 5.43. The van der Waals surface area contributed by atoms with Gasteiger partial charge in [0.2, 0.25) is 0 Å². The maximum atomic E-state index is 8.88. The SMILES string of the molecule is CCc1ccc(C#N)c2c1C(N)CO2. The Bertz CT molecular complexity index is 406. The smallest absolute Gasteiger partial charge is 0.142 e. The number of nitrogens with zero attached hydrogens (tertiary/aromatic N) is 1. The third-order valence-corrected chi connectivity index (χ3v) is 2.57. The monoisotopic (exact) mass is 188 g/mol. The zero-order valence-electron chi connectivity index (χ0n) is 8.08. The van der Waals surface area contributed by atoms with Crippen molar-refractivity contribution >= 4 is 0 Å². The highest BCUT2D eigenvalue weighted by atomic mass is 16.5. The van der Waals surface area contributed by atoms with E-state index in [-0.39, 0.29) is 6.04 Å². The van der Waals surface area contributed by atoms with Crippen LogP contribution in [0.1, 0.15) is 29.7 Å². The summed E-state index contributed by atoms with van der Waals surface area (Å²) in [5.41, 5.74) is 8.70. The van der Waals surface area contributed by atoms with Gasteiger partial charge in [0, 0.05) is 5.56 Å². The van der Waals surface area contributed by atoms with Crippen molar-refractivity contribution in [1.82, 2.24) is 0 Å². The van der Waals surface area contributed by atoms with Crippen LogP contribution in [0.5, 0.6) is 5.75 Å². The lowest BCUT2D eigenvalue weighted by Gasteiger charge is -2.08. The molecule has 1 aliphatic rings. The van der Waals surface area contributed by atoms with Gasteiger partial charge in [-0.3, -0.25) is 0 Å². The second kappa shape index (κ2) is 3.32. The summed E-state index contributed by atoms with van der Waals surface area (Å²) in [7, 11) is 0.